The highest BCUT2D eigenvalue weighted by Crippen LogP contribution is 2.14. The van der Waals surface area contributed by atoms with Gasteiger partial charge in [-0.1, -0.05) is 30.3 Å². The van der Waals surface area contributed by atoms with Crippen LogP contribution in [0.4, 0.5) is 0 Å². The van der Waals surface area contributed by atoms with Crippen LogP contribution in [0.5, 0.6) is 0 Å². The molecule has 1 saturated heterocycles. The van der Waals surface area contributed by atoms with Crippen LogP contribution in [-0.4, -0.2) is 79.4 Å². The average molecular weight is 332 g/mol. The van der Waals surface area contributed by atoms with Gasteiger partial charge in [0.1, 0.15) is 6.04 Å². The zero-order chi connectivity index (χ0) is 17.5. The monoisotopic (exact) mass is 332 g/mol. The zero-order valence-electron chi connectivity index (χ0n) is 14.9. The van der Waals surface area contributed by atoms with Gasteiger partial charge >= 0.3 is 0 Å². The Labute approximate surface area is 144 Å². The number of rotatable bonds is 6. The summed E-state index contributed by atoms with van der Waals surface area (Å²) in [5.41, 5.74) is 1.22. The lowest BCUT2D eigenvalue weighted by Crippen LogP contribution is -2.60. The van der Waals surface area contributed by atoms with Crippen molar-refractivity contribution in [1.82, 2.24) is 20.0 Å². The van der Waals surface area contributed by atoms with Gasteiger partial charge in [0.25, 0.3) is 0 Å². The molecule has 1 atom stereocenters. The van der Waals surface area contributed by atoms with Crippen LogP contribution in [0.3, 0.4) is 0 Å². The molecule has 0 bridgehead atoms. The maximum Gasteiger partial charge on any atom is 0.244 e. The molecule has 6 nitrogen and oxygen atoms in total. The molecule has 1 heterocycles. The van der Waals surface area contributed by atoms with Crippen molar-refractivity contribution in [3.8, 4) is 0 Å². The van der Waals surface area contributed by atoms with Gasteiger partial charge in [-0.3, -0.25) is 14.5 Å². The molecule has 1 fully saturated rings. The number of hydrogen-bond acceptors (Lipinski definition) is 4. The number of likely N-dealkylation sites (N-methyl/N-ethyl adjacent to an activating group) is 1. The topological polar surface area (TPSA) is 55.9 Å². The van der Waals surface area contributed by atoms with Crippen LogP contribution in [0.25, 0.3) is 0 Å². The summed E-state index contributed by atoms with van der Waals surface area (Å²) in [6.07, 6.45) is 0. The van der Waals surface area contributed by atoms with E-state index in [1.54, 1.807) is 4.90 Å². The van der Waals surface area contributed by atoms with Gasteiger partial charge in [-0.25, -0.2) is 0 Å². The first-order valence-corrected chi connectivity index (χ1v) is 8.43. The number of hydrogen-bond donors (Lipinski definition) is 1. The van der Waals surface area contributed by atoms with Crippen LogP contribution >= 0.6 is 0 Å². The van der Waals surface area contributed by atoms with Gasteiger partial charge in [0.15, 0.2) is 0 Å². The lowest BCUT2D eigenvalue weighted by molar-refractivity contribution is -0.142. The van der Waals surface area contributed by atoms with Crippen molar-refractivity contribution in [2.75, 3.05) is 46.8 Å². The van der Waals surface area contributed by atoms with Gasteiger partial charge in [0.2, 0.25) is 11.8 Å². The van der Waals surface area contributed by atoms with Crippen molar-refractivity contribution in [1.29, 1.82) is 0 Å². The van der Waals surface area contributed by atoms with E-state index in [-0.39, 0.29) is 11.8 Å². The Morgan fingerprint density at radius 1 is 1.21 bits per heavy atom. The van der Waals surface area contributed by atoms with Crippen LogP contribution in [-0.2, 0) is 16.1 Å². The molecule has 1 aromatic rings. The summed E-state index contributed by atoms with van der Waals surface area (Å²) in [5, 5.41) is 2.95. The maximum absolute atomic E-state index is 12.5. The van der Waals surface area contributed by atoms with Gasteiger partial charge in [0.05, 0.1) is 0 Å². The standard InChI is InChI=1S/C18H28N4O2/c1-15(23)22-12-11-21(13-16-7-5-4-6-8-16)14-17(22)18(24)19-9-10-20(2)3/h4-8,17H,9-14H2,1-3H3,(H,19,24). The quantitative estimate of drug-likeness (QED) is 0.819. The van der Waals surface area contributed by atoms with Gasteiger partial charge in [-0.2, -0.15) is 0 Å². The molecule has 132 valence electrons. The molecule has 1 aliphatic rings. The lowest BCUT2D eigenvalue weighted by atomic mass is 10.1. The Bertz CT molecular complexity index is 547. The van der Waals surface area contributed by atoms with Crippen molar-refractivity contribution >= 4 is 11.8 Å². The third kappa shape index (κ3) is 5.32. The SMILES string of the molecule is CC(=O)N1CCN(Cc2ccccc2)CC1C(=O)NCCN(C)C. The Morgan fingerprint density at radius 3 is 2.54 bits per heavy atom. The molecule has 0 spiro atoms. The minimum absolute atomic E-state index is 0.0397. The molecule has 1 aromatic carbocycles. The largest absolute Gasteiger partial charge is 0.353 e. The molecule has 2 amide bonds. The van der Waals surface area contributed by atoms with Crippen LogP contribution in [0.15, 0.2) is 30.3 Å². The minimum Gasteiger partial charge on any atom is -0.353 e. The van der Waals surface area contributed by atoms with Crippen molar-refractivity contribution < 1.29 is 9.59 Å². The summed E-state index contributed by atoms with van der Waals surface area (Å²) in [6, 6.07) is 9.80. The number of benzene rings is 1. The fraction of sp³-hybridized carbons (Fsp3) is 0.556. The van der Waals surface area contributed by atoms with Gasteiger partial charge in [-0.05, 0) is 19.7 Å². The smallest absolute Gasteiger partial charge is 0.244 e. The average Bonchev–Trinajstić information content (AvgIpc) is 2.55. The molecular formula is C18H28N4O2. The van der Waals surface area contributed by atoms with E-state index < -0.39 is 6.04 Å². The fourth-order valence-electron chi connectivity index (χ4n) is 2.95. The second kappa shape index (κ2) is 8.80. The first-order valence-electron chi connectivity index (χ1n) is 8.43. The Kier molecular flexibility index (Phi) is 6.75. The van der Waals surface area contributed by atoms with E-state index in [4.69, 9.17) is 0 Å². The number of carbonyl (C=O) groups excluding carboxylic acids is 2. The molecule has 2 rings (SSSR count). The van der Waals surface area contributed by atoms with E-state index in [0.717, 1.165) is 19.6 Å². The normalized spacial score (nSPS) is 18.7. The molecular weight excluding hydrogens is 304 g/mol. The Hall–Kier alpha value is -1.92. The predicted molar refractivity (Wildman–Crippen MR) is 94.5 cm³/mol. The lowest BCUT2D eigenvalue weighted by Gasteiger charge is -2.40. The molecule has 0 radical (unpaired) electrons. The van der Waals surface area contributed by atoms with Crippen LogP contribution in [0, 0.1) is 0 Å². The molecule has 0 saturated carbocycles. The first-order chi connectivity index (χ1) is 11.5. The van der Waals surface area contributed by atoms with Gasteiger partial charge < -0.3 is 15.1 Å². The number of carbonyl (C=O) groups is 2. The predicted octanol–water partition coefficient (Wildman–Crippen LogP) is 0.397. The zero-order valence-corrected chi connectivity index (χ0v) is 14.9. The second-order valence-corrected chi connectivity index (χ2v) is 6.54. The summed E-state index contributed by atoms with van der Waals surface area (Å²) in [4.78, 5) is 30.4. The van der Waals surface area contributed by atoms with Crippen LogP contribution < -0.4 is 5.32 Å². The number of amides is 2. The van der Waals surface area contributed by atoms with Crippen LogP contribution in [0.1, 0.15) is 12.5 Å². The third-order valence-electron chi connectivity index (χ3n) is 4.28. The number of nitrogens with zero attached hydrogens (tertiary/aromatic N) is 3. The van der Waals surface area contributed by atoms with E-state index in [1.807, 2.05) is 37.2 Å². The molecule has 1 N–H and O–H groups in total. The van der Waals surface area contributed by atoms with Crippen molar-refractivity contribution in [2.45, 2.75) is 19.5 Å². The van der Waals surface area contributed by atoms with E-state index >= 15 is 0 Å². The summed E-state index contributed by atoms with van der Waals surface area (Å²) in [5.74, 6) is -0.105. The van der Waals surface area contributed by atoms with Crippen molar-refractivity contribution in [3.63, 3.8) is 0 Å². The molecule has 1 unspecified atom stereocenters. The number of piperazine rings is 1. The van der Waals surface area contributed by atoms with Crippen LogP contribution in [0.2, 0.25) is 0 Å². The van der Waals surface area contributed by atoms with Gasteiger partial charge in [-0.15, -0.1) is 0 Å². The Balaban J connectivity index is 1.97. The summed E-state index contributed by atoms with van der Waals surface area (Å²) in [7, 11) is 3.94. The molecule has 6 heteroatoms. The summed E-state index contributed by atoms with van der Waals surface area (Å²) >= 11 is 0. The number of nitrogens with one attached hydrogen (secondary N) is 1. The van der Waals surface area contributed by atoms with E-state index in [9.17, 15) is 9.59 Å². The van der Waals surface area contributed by atoms with Gasteiger partial charge in [0, 0.05) is 46.2 Å². The minimum atomic E-state index is -0.415. The highest BCUT2D eigenvalue weighted by atomic mass is 16.2. The maximum atomic E-state index is 12.5. The molecule has 1 aliphatic heterocycles. The highest BCUT2D eigenvalue weighted by Gasteiger charge is 2.33. The van der Waals surface area contributed by atoms with Crippen molar-refractivity contribution in [2.24, 2.45) is 0 Å². The molecule has 0 aromatic heterocycles. The fourth-order valence-corrected chi connectivity index (χ4v) is 2.95. The van der Waals surface area contributed by atoms with E-state index in [2.05, 4.69) is 22.3 Å². The third-order valence-corrected chi connectivity index (χ3v) is 4.28. The molecule has 24 heavy (non-hydrogen) atoms. The van der Waals surface area contributed by atoms with Crippen molar-refractivity contribution in [3.05, 3.63) is 35.9 Å². The molecule has 0 aliphatic carbocycles. The summed E-state index contributed by atoms with van der Waals surface area (Å²) in [6.45, 7) is 5.66. The summed E-state index contributed by atoms with van der Waals surface area (Å²) < 4.78 is 0. The first kappa shape index (κ1) is 18.4. The Morgan fingerprint density at radius 2 is 1.92 bits per heavy atom. The van der Waals surface area contributed by atoms with E-state index in [1.165, 1.54) is 12.5 Å². The second-order valence-electron chi connectivity index (χ2n) is 6.54. The van der Waals surface area contributed by atoms with E-state index in [0.29, 0.717) is 19.6 Å². The highest BCUT2D eigenvalue weighted by molar-refractivity contribution is 5.87.